The Balaban J connectivity index is 1.48. The zero-order valence-corrected chi connectivity index (χ0v) is 12.4. The Labute approximate surface area is 123 Å². The van der Waals surface area contributed by atoms with Crippen LogP contribution in [0.25, 0.3) is 0 Å². The lowest BCUT2D eigenvalue weighted by Crippen LogP contribution is -2.52. The van der Waals surface area contributed by atoms with Gasteiger partial charge in [0.05, 0.1) is 18.3 Å². The minimum atomic E-state index is -2.63. The van der Waals surface area contributed by atoms with Gasteiger partial charge >= 0.3 is 0 Å². The van der Waals surface area contributed by atoms with Gasteiger partial charge in [0, 0.05) is 44.9 Å². The van der Waals surface area contributed by atoms with E-state index in [0.29, 0.717) is 26.3 Å². The molecule has 0 aromatic heterocycles. The van der Waals surface area contributed by atoms with E-state index < -0.39 is 11.8 Å². The van der Waals surface area contributed by atoms with Crippen molar-refractivity contribution in [1.82, 2.24) is 4.90 Å². The van der Waals surface area contributed by atoms with Crippen molar-refractivity contribution >= 4 is 5.91 Å². The molecule has 3 fully saturated rings. The first kappa shape index (κ1) is 15.2. The molecule has 2 saturated heterocycles. The monoisotopic (exact) mass is 303 g/mol. The molecule has 2 aliphatic heterocycles. The number of ether oxygens (including phenoxy) is 2. The molecule has 1 aliphatic carbocycles. The molecule has 0 unspecified atom stereocenters. The van der Waals surface area contributed by atoms with Crippen molar-refractivity contribution in [2.45, 2.75) is 56.7 Å². The Morgan fingerprint density at radius 2 is 1.95 bits per heavy atom. The van der Waals surface area contributed by atoms with Gasteiger partial charge in [-0.3, -0.25) is 4.79 Å². The second-order valence-electron chi connectivity index (χ2n) is 6.56. The topological polar surface area (TPSA) is 38.8 Å². The molecule has 0 aromatic rings. The minimum Gasteiger partial charge on any atom is -0.376 e. The van der Waals surface area contributed by atoms with Crippen molar-refractivity contribution in [3.63, 3.8) is 0 Å². The first-order valence-corrected chi connectivity index (χ1v) is 7.85. The maximum Gasteiger partial charge on any atom is 0.249 e. The van der Waals surface area contributed by atoms with Crippen LogP contribution in [0.15, 0.2) is 0 Å². The summed E-state index contributed by atoms with van der Waals surface area (Å²) < 4.78 is 37.3. The third-order valence-corrected chi connectivity index (χ3v) is 5.00. The molecule has 1 spiro atoms. The van der Waals surface area contributed by atoms with Gasteiger partial charge in [-0.25, -0.2) is 8.78 Å². The van der Waals surface area contributed by atoms with Crippen molar-refractivity contribution in [1.29, 1.82) is 0 Å². The number of amides is 1. The van der Waals surface area contributed by atoms with Gasteiger partial charge in [0.15, 0.2) is 0 Å². The number of halogens is 2. The SMILES string of the molecule is CCO[C@@H]1COC2(CCN(C(=O)C3CC(F)(F)C3)CC2)C1. The zero-order chi connectivity index (χ0) is 15.1. The van der Waals surface area contributed by atoms with Crippen LogP contribution in [0.5, 0.6) is 0 Å². The third-order valence-electron chi connectivity index (χ3n) is 5.00. The molecule has 120 valence electrons. The standard InChI is InChI=1S/C15H23F2NO3/c1-2-20-12-9-14(21-10-12)3-5-18(6-4-14)13(19)11-7-15(16,17)8-11/h11-12H,2-10H2,1H3/t12-/m0/s1. The summed E-state index contributed by atoms with van der Waals surface area (Å²) in [5.41, 5.74) is -0.167. The number of piperidine rings is 1. The van der Waals surface area contributed by atoms with Crippen LogP contribution in [0.2, 0.25) is 0 Å². The Kier molecular flexibility index (Phi) is 3.94. The van der Waals surface area contributed by atoms with E-state index in [1.165, 1.54) is 0 Å². The Bertz CT molecular complexity index is 400. The van der Waals surface area contributed by atoms with Gasteiger partial charge in [-0.05, 0) is 19.8 Å². The maximum atomic E-state index is 12.9. The number of carbonyl (C=O) groups excluding carboxylic acids is 1. The lowest BCUT2D eigenvalue weighted by Gasteiger charge is -2.42. The van der Waals surface area contributed by atoms with Crippen LogP contribution in [0.4, 0.5) is 8.78 Å². The molecule has 1 saturated carbocycles. The van der Waals surface area contributed by atoms with E-state index in [0.717, 1.165) is 19.3 Å². The highest BCUT2D eigenvalue weighted by Crippen LogP contribution is 2.44. The van der Waals surface area contributed by atoms with Gasteiger partial charge in [0.25, 0.3) is 0 Å². The number of hydrogen-bond acceptors (Lipinski definition) is 3. The van der Waals surface area contributed by atoms with Crippen molar-refractivity contribution in [3.8, 4) is 0 Å². The minimum absolute atomic E-state index is 0.102. The molecule has 0 radical (unpaired) electrons. The van der Waals surface area contributed by atoms with E-state index in [1.54, 1.807) is 4.90 Å². The molecule has 3 aliphatic rings. The first-order chi connectivity index (χ1) is 9.93. The molecule has 2 heterocycles. The van der Waals surface area contributed by atoms with Crippen LogP contribution in [0.3, 0.4) is 0 Å². The van der Waals surface area contributed by atoms with E-state index >= 15 is 0 Å². The quantitative estimate of drug-likeness (QED) is 0.802. The highest BCUT2D eigenvalue weighted by molar-refractivity contribution is 5.80. The van der Waals surface area contributed by atoms with Crippen LogP contribution in [-0.4, -0.2) is 54.7 Å². The van der Waals surface area contributed by atoms with Gasteiger partial charge < -0.3 is 14.4 Å². The molecule has 4 nitrogen and oxygen atoms in total. The van der Waals surface area contributed by atoms with E-state index in [4.69, 9.17) is 9.47 Å². The zero-order valence-electron chi connectivity index (χ0n) is 12.4. The Morgan fingerprint density at radius 1 is 1.29 bits per heavy atom. The smallest absolute Gasteiger partial charge is 0.249 e. The van der Waals surface area contributed by atoms with Crippen molar-refractivity contribution < 1.29 is 23.0 Å². The molecule has 3 rings (SSSR count). The molecule has 1 atom stereocenters. The van der Waals surface area contributed by atoms with Crippen LogP contribution in [0.1, 0.15) is 39.0 Å². The summed E-state index contributed by atoms with van der Waals surface area (Å²) in [6.45, 7) is 4.50. The second kappa shape index (κ2) is 5.47. The largest absolute Gasteiger partial charge is 0.376 e. The summed E-state index contributed by atoms with van der Waals surface area (Å²) in [5.74, 6) is -3.21. The van der Waals surface area contributed by atoms with E-state index in [-0.39, 0.29) is 30.5 Å². The fourth-order valence-corrected chi connectivity index (χ4v) is 3.72. The van der Waals surface area contributed by atoms with Crippen LogP contribution < -0.4 is 0 Å². The lowest BCUT2D eigenvalue weighted by molar-refractivity contribution is -0.163. The van der Waals surface area contributed by atoms with Gasteiger partial charge in [0.1, 0.15) is 0 Å². The first-order valence-electron chi connectivity index (χ1n) is 7.85. The Morgan fingerprint density at radius 3 is 2.52 bits per heavy atom. The van der Waals surface area contributed by atoms with Crippen molar-refractivity contribution in [3.05, 3.63) is 0 Å². The third kappa shape index (κ3) is 3.06. The van der Waals surface area contributed by atoms with Crippen molar-refractivity contribution in [2.75, 3.05) is 26.3 Å². The van der Waals surface area contributed by atoms with Gasteiger partial charge in [-0.1, -0.05) is 0 Å². The summed E-state index contributed by atoms with van der Waals surface area (Å²) >= 11 is 0. The van der Waals surface area contributed by atoms with Crippen LogP contribution in [0, 0.1) is 5.92 Å². The average molecular weight is 303 g/mol. The summed E-state index contributed by atoms with van der Waals surface area (Å²) in [6.07, 6.45) is 2.04. The maximum absolute atomic E-state index is 12.9. The van der Waals surface area contributed by atoms with Gasteiger partial charge in [-0.2, -0.15) is 0 Å². The summed E-state index contributed by atoms with van der Waals surface area (Å²) in [4.78, 5) is 13.9. The molecule has 0 bridgehead atoms. The van der Waals surface area contributed by atoms with Gasteiger partial charge in [0.2, 0.25) is 11.8 Å². The van der Waals surface area contributed by atoms with Gasteiger partial charge in [-0.15, -0.1) is 0 Å². The van der Waals surface area contributed by atoms with E-state index in [9.17, 15) is 13.6 Å². The number of rotatable bonds is 3. The number of alkyl halides is 2. The number of likely N-dealkylation sites (tertiary alicyclic amines) is 1. The van der Waals surface area contributed by atoms with E-state index in [2.05, 4.69) is 0 Å². The van der Waals surface area contributed by atoms with E-state index in [1.807, 2.05) is 6.92 Å². The van der Waals surface area contributed by atoms with Crippen molar-refractivity contribution in [2.24, 2.45) is 5.92 Å². The number of hydrogen-bond donors (Lipinski definition) is 0. The fourth-order valence-electron chi connectivity index (χ4n) is 3.72. The highest BCUT2D eigenvalue weighted by atomic mass is 19.3. The second-order valence-corrected chi connectivity index (χ2v) is 6.56. The molecule has 21 heavy (non-hydrogen) atoms. The molecule has 1 amide bonds. The molecule has 0 N–H and O–H groups in total. The molecule has 0 aromatic carbocycles. The summed E-state index contributed by atoms with van der Waals surface area (Å²) in [7, 11) is 0. The predicted octanol–water partition coefficient (Wildman–Crippen LogP) is 2.22. The summed E-state index contributed by atoms with van der Waals surface area (Å²) in [6, 6.07) is 0. The number of nitrogens with zero attached hydrogens (tertiary/aromatic N) is 1. The predicted molar refractivity (Wildman–Crippen MR) is 72.2 cm³/mol. The lowest BCUT2D eigenvalue weighted by atomic mass is 9.79. The molecule has 6 heteroatoms. The van der Waals surface area contributed by atoms with Crippen LogP contribution in [-0.2, 0) is 14.3 Å². The normalized spacial score (nSPS) is 31.4. The molecular formula is C15H23F2NO3. The highest BCUT2D eigenvalue weighted by Gasteiger charge is 2.51. The van der Waals surface area contributed by atoms with Crippen LogP contribution >= 0.6 is 0 Å². The Hall–Kier alpha value is -0.750. The number of carbonyl (C=O) groups is 1. The average Bonchev–Trinajstić information content (AvgIpc) is 2.80. The summed E-state index contributed by atoms with van der Waals surface area (Å²) in [5, 5.41) is 0. The fraction of sp³-hybridized carbons (Fsp3) is 0.933. The molecular weight excluding hydrogens is 280 g/mol.